The van der Waals surface area contributed by atoms with E-state index >= 15 is 0 Å². The molecule has 18 nitrogen and oxygen atoms in total. The van der Waals surface area contributed by atoms with Crippen LogP contribution in [-0.2, 0) is 44.3 Å². The number of ether oxygens (including phenoxy) is 1. The molecule has 0 spiro atoms. The predicted octanol–water partition coefficient (Wildman–Crippen LogP) is 3.74. The number of aromatic carboxylic acids is 1. The van der Waals surface area contributed by atoms with E-state index in [0.717, 1.165) is 11.8 Å². The molecule has 374 valence electrons. The standard InChI is InChI=1S/C46H47Cl3N4O14S3/c1-45(2)18-23(21-69(60,61)62)25-14-27-31(16-29(25)51(45)5)66-32-17-30-26(24(22-70(63,64)65)19-46(3,4)52(30)6)15-28(32)37(27)38-39(44(58)59)40(47)42(49)43(41(38)48)68-20-33(54)50-13-9-7-8-10-36(57)67-53-34(55)11-12-35(53)56/h14-19H,7-13,20-22H2,1-6H3,(H3-,50,54,58,59,60,61,62,63,64,65)/p-2. The van der Waals surface area contributed by atoms with Crippen molar-refractivity contribution < 1.29 is 64.6 Å². The number of imide groups is 1. The summed E-state index contributed by atoms with van der Waals surface area (Å²) >= 11 is 21.7. The summed E-state index contributed by atoms with van der Waals surface area (Å²) in [7, 11) is -6.21. The first-order chi connectivity index (χ1) is 32.5. The first kappa shape index (κ1) is 52.8. The lowest BCUT2D eigenvalue weighted by molar-refractivity contribution is -0.255. The lowest BCUT2D eigenvalue weighted by Gasteiger charge is -2.42. The largest absolute Gasteiger partial charge is 0.748 e. The minimum atomic E-state index is -4.86. The maximum atomic E-state index is 13.3. The minimum absolute atomic E-state index is 0.0194. The molecule has 0 bridgehead atoms. The number of benzene rings is 3. The van der Waals surface area contributed by atoms with Crippen molar-refractivity contribution in [1.29, 1.82) is 0 Å². The molecule has 4 heterocycles. The molecule has 7 rings (SSSR count). The summed E-state index contributed by atoms with van der Waals surface area (Å²) in [6.45, 7) is 7.43. The second-order valence-corrected chi connectivity index (χ2v) is 23.1. The maximum Gasteiger partial charge on any atom is 0.333 e. The van der Waals surface area contributed by atoms with Crippen LogP contribution in [0.1, 0.15) is 98.8 Å². The fraction of sp³-hybridized carbons (Fsp3) is 0.391. The van der Waals surface area contributed by atoms with Crippen LogP contribution in [0.25, 0.3) is 16.7 Å². The van der Waals surface area contributed by atoms with Gasteiger partial charge in [0.15, 0.2) is 5.54 Å². The van der Waals surface area contributed by atoms with Gasteiger partial charge in [0.05, 0.1) is 75.7 Å². The summed E-state index contributed by atoms with van der Waals surface area (Å²) < 4.78 is 82.6. The number of rotatable bonds is 16. The molecule has 0 aromatic heterocycles. The van der Waals surface area contributed by atoms with Gasteiger partial charge in [-0.1, -0.05) is 47.3 Å². The molecule has 24 heteroatoms. The number of hydrogen-bond donors (Lipinski definition) is 1. The third kappa shape index (κ3) is 10.8. The lowest BCUT2D eigenvalue weighted by Crippen LogP contribution is -2.47. The number of thioether (sulfide) groups is 1. The van der Waals surface area contributed by atoms with Crippen LogP contribution in [-0.4, -0.2) is 110 Å². The lowest BCUT2D eigenvalue weighted by atomic mass is 9.83. The minimum Gasteiger partial charge on any atom is -0.748 e. The van der Waals surface area contributed by atoms with Crippen molar-refractivity contribution in [1.82, 2.24) is 15.0 Å². The van der Waals surface area contributed by atoms with Gasteiger partial charge in [-0.05, 0) is 56.0 Å². The number of unbranched alkanes of at least 4 members (excludes halogenated alkanes) is 2. The van der Waals surface area contributed by atoms with Crippen molar-refractivity contribution in [3.8, 4) is 11.5 Å². The molecule has 0 saturated carbocycles. The number of carbonyl (C=O) groups excluding carboxylic acids is 5. The smallest absolute Gasteiger partial charge is 0.333 e. The van der Waals surface area contributed by atoms with Crippen molar-refractivity contribution in [2.24, 2.45) is 0 Å². The summed E-state index contributed by atoms with van der Waals surface area (Å²) in [5.41, 5.74) is -1.15. The number of carboxylic acid groups (broad SMARTS) is 1. The zero-order valence-corrected chi connectivity index (χ0v) is 43.2. The van der Waals surface area contributed by atoms with Crippen LogP contribution in [0.5, 0.6) is 11.5 Å². The number of nitrogens with one attached hydrogen (secondary N) is 1. The molecule has 1 fully saturated rings. The monoisotopic (exact) mass is 1080 g/mol. The highest BCUT2D eigenvalue weighted by Gasteiger charge is 2.38. The molecule has 3 amide bonds. The molecule has 1 saturated heterocycles. The van der Waals surface area contributed by atoms with E-state index in [2.05, 4.69) is 5.32 Å². The number of halogens is 3. The van der Waals surface area contributed by atoms with E-state index in [0.29, 0.717) is 35.4 Å². The van der Waals surface area contributed by atoms with Crippen LogP contribution in [0.3, 0.4) is 0 Å². The van der Waals surface area contributed by atoms with Crippen LogP contribution >= 0.6 is 46.6 Å². The number of hydroxylamine groups is 2. The van der Waals surface area contributed by atoms with Gasteiger partial charge in [-0.25, -0.2) is 26.2 Å². The maximum absolute atomic E-state index is 13.3. The fourth-order valence-electron chi connectivity index (χ4n) is 8.73. The van der Waals surface area contributed by atoms with E-state index in [4.69, 9.17) is 44.4 Å². The van der Waals surface area contributed by atoms with Crippen molar-refractivity contribution in [3.05, 3.63) is 89.9 Å². The fourth-order valence-corrected chi connectivity index (χ4v) is 12.0. The van der Waals surface area contributed by atoms with E-state index in [1.165, 1.54) is 12.1 Å². The Hall–Kier alpha value is -5.00. The first-order valence-electron chi connectivity index (χ1n) is 21.6. The molecule has 0 atom stereocenters. The van der Waals surface area contributed by atoms with Crippen molar-refractivity contribution >= 4 is 119 Å². The number of hydrogen-bond acceptors (Lipinski definition) is 16. The Balaban J connectivity index is 1.33. The molecule has 0 radical (unpaired) electrons. The van der Waals surface area contributed by atoms with Crippen molar-refractivity contribution in [2.75, 3.05) is 42.8 Å². The topological polar surface area (TPSA) is 263 Å². The van der Waals surface area contributed by atoms with E-state index in [-0.39, 0.29) is 102 Å². The molecule has 0 unspecified atom stereocenters. The van der Waals surface area contributed by atoms with E-state index in [1.54, 1.807) is 38.4 Å². The number of anilines is 1. The molecular formula is C46H45Cl3N4O14S3-2. The second kappa shape index (κ2) is 19.5. The second-order valence-electron chi connectivity index (χ2n) is 18.2. The molecule has 4 aliphatic heterocycles. The van der Waals surface area contributed by atoms with Gasteiger partial charge >= 0.3 is 5.97 Å². The van der Waals surface area contributed by atoms with Gasteiger partial charge in [0.25, 0.3) is 11.8 Å². The summed E-state index contributed by atoms with van der Waals surface area (Å²) in [4.78, 5) is 68.8. The molecule has 1 N–H and O–H groups in total. The Morgan fingerprint density at radius 2 is 1.47 bits per heavy atom. The van der Waals surface area contributed by atoms with Crippen LogP contribution in [0.4, 0.5) is 5.69 Å². The predicted molar refractivity (Wildman–Crippen MR) is 258 cm³/mol. The number of carboxylic acids is 1. The highest BCUT2D eigenvalue weighted by atomic mass is 35.5. The Bertz CT molecular complexity index is 3250. The number of amides is 3. The summed E-state index contributed by atoms with van der Waals surface area (Å²) in [6.07, 6.45) is 4.37. The average Bonchev–Trinajstić information content (AvgIpc) is 3.56. The molecule has 0 aliphatic carbocycles. The van der Waals surface area contributed by atoms with E-state index in [1.807, 2.05) is 37.2 Å². The molecule has 4 aliphatic rings. The van der Waals surface area contributed by atoms with Crippen LogP contribution in [0.15, 0.2) is 41.3 Å². The molecule has 3 aromatic carbocycles. The number of carbonyl (C=O) groups is 5. The Morgan fingerprint density at radius 3 is 2.09 bits per heavy atom. The van der Waals surface area contributed by atoms with Gasteiger partial charge in [-0.15, -0.1) is 16.8 Å². The van der Waals surface area contributed by atoms with Gasteiger partial charge in [-0.2, -0.15) is 0 Å². The Morgan fingerprint density at radius 1 is 0.843 bits per heavy atom. The highest BCUT2D eigenvalue weighted by molar-refractivity contribution is 8.00. The summed E-state index contributed by atoms with van der Waals surface area (Å²) in [5, 5.41) is 16.0. The Labute approximate surface area is 422 Å². The quantitative estimate of drug-likeness (QED) is 0.0418. The zero-order chi connectivity index (χ0) is 51.6. The normalized spacial score (nSPS) is 17.0. The van der Waals surface area contributed by atoms with Crippen molar-refractivity contribution in [2.45, 2.75) is 82.2 Å². The van der Waals surface area contributed by atoms with Crippen LogP contribution < -0.4 is 35.2 Å². The first-order valence-corrected chi connectivity index (χ1v) is 26.9. The summed E-state index contributed by atoms with van der Waals surface area (Å²) in [6, 6.07) is 6.26. The van der Waals surface area contributed by atoms with Gasteiger partial charge in [0, 0.05) is 96.4 Å². The molecule has 70 heavy (non-hydrogen) atoms. The van der Waals surface area contributed by atoms with Gasteiger partial charge < -0.3 is 38.8 Å². The van der Waals surface area contributed by atoms with Gasteiger partial charge in [-0.3, -0.25) is 14.4 Å². The molecular weight excluding hydrogens is 1040 g/mol. The molecule has 3 aromatic rings. The third-order valence-corrected chi connectivity index (χ3v) is 16.4. The van der Waals surface area contributed by atoms with Crippen molar-refractivity contribution in [3.63, 3.8) is 0 Å². The Kier molecular flexibility index (Phi) is 14.7. The third-order valence-electron chi connectivity index (χ3n) is 12.5. The number of likely N-dealkylation sites (N-methyl/N-ethyl adjacent to an activating group) is 2. The SMILES string of the molecule is CN1c2cc3c(cc2C(CS(=O)(=O)[O-])=CC1(C)C)C(c1c(Cl)c(SCC(=O)NCCCCCC(=O)ON2C(=O)CCC2=O)c(Cl)c(Cl)c1C(=O)[O-])=c1cc2c(cc1O3)=[N+](C)C(C)(C)C=C2CS(=O)(=O)[O-]. The number of nitrogens with zero attached hydrogens (tertiary/aromatic N) is 3. The van der Waals surface area contributed by atoms with Gasteiger partial charge in [0.1, 0.15) is 18.5 Å². The summed E-state index contributed by atoms with van der Waals surface area (Å²) in [5.74, 6) is -6.10. The highest BCUT2D eigenvalue weighted by Crippen LogP contribution is 2.51. The average molecular weight is 1080 g/mol. The zero-order valence-electron chi connectivity index (χ0n) is 38.5. The van der Waals surface area contributed by atoms with Crippen LogP contribution in [0.2, 0.25) is 15.1 Å². The van der Waals surface area contributed by atoms with E-state index < -0.39 is 83.1 Å². The van der Waals surface area contributed by atoms with Gasteiger partial charge in [0.2, 0.25) is 11.3 Å². The van der Waals surface area contributed by atoms with Crippen LogP contribution in [0, 0.1) is 0 Å². The van der Waals surface area contributed by atoms with E-state index in [9.17, 15) is 55.0 Å². The number of fused-ring (bicyclic) bond motifs is 4.